The number of fused-ring (bicyclic) bond motifs is 1. The fourth-order valence-corrected chi connectivity index (χ4v) is 3.13. The van der Waals surface area contributed by atoms with Gasteiger partial charge in [-0.1, -0.05) is 15.9 Å². The molecule has 2 aromatic rings. The van der Waals surface area contributed by atoms with Gasteiger partial charge in [0.15, 0.2) is 0 Å². The Morgan fingerprint density at radius 1 is 1.30 bits per heavy atom. The smallest absolute Gasteiger partial charge is 0.137 e. The number of ether oxygens (including phenoxy) is 1. The van der Waals surface area contributed by atoms with Gasteiger partial charge >= 0.3 is 0 Å². The van der Waals surface area contributed by atoms with Crippen LogP contribution in [0.5, 0.6) is 5.75 Å². The van der Waals surface area contributed by atoms with Gasteiger partial charge < -0.3 is 15.4 Å². The van der Waals surface area contributed by atoms with Crippen LogP contribution in [-0.4, -0.2) is 31.2 Å². The summed E-state index contributed by atoms with van der Waals surface area (Å²) in [5.41, 5.74) is 0. The summed E-state index contributed by atoms with van der Waals surface area (Å²) < 4.78 is 6.56. The van der Waals surface area contributed by atoms with Crippen molar-refractivity contribution >= 4 is 32.5 Å². The Bertz CT molecular complexity index is 611. The molecule has 5 heteroatoms. The quantitative estimate of drug-likeness (QED) is 0.904. The van der Waals surface area contributed by atoms with Crippen LogP contribution in [0.15, 0.2) is 28.9 Å². The molecule has 1 aromatic heterocycles. The first-order chi connectivity index (χ1) is 9.79. The SMILES string of the molecule is COc1ccc(Br)c2ccnc(NC3CCNCC3)c12. The van der Waals surface area contributed by atoms with Crippen LogP contribution in [-0.2, 0) is 0 Å². The molecule has 0 radical (unpaired) electrons. The third-order valence-corrected chi connectivity index (χ3v) is 4.43. The van der Waals surface area contributed by atoms with Crippen LogP contribution >= 0.6 is 15.9 Å². The van der Waals surface area contributed by atoms with E-state index >= 15 is 0 Å². The highest BCUT2D eigenvalue weighted by Crippen LogP contribution is 2.35. The van der Waals surface area contributed by atoms with Gasteiger partial charge in [0, 0.05) is 22.1 Å². The summed E-state index contributed by atoms with van der Waals surface area (Å²) in [6, 6.07) is 6.46. The summed E-state index contributed by atoms with van der Waals surface area (Å²) in [6.45, 7) is 2.12. The Morgan fingerprint density at radius 3 is 2.85 bits per heavy atom. The third kappa shape index (κ3) is 2.60. The van der Waals surface area contributed by atoms with E-state index in [0.717, 1.165) is 52.7 Å². The van der Waals surface area contributed by atoms with Crippen molar-refractivity contribution in [3.8, 4) is 5.75 Å². The highest BCUT2D eigenvalue weighted by molar-refractivity contribution is 9.10. The van der Waals surface area contributed by atoms with Gasteiger partial charge in [-0.2, -0.15) is 0 Å². The van der Waals surface area contributed by atoms with Crippen LogP contribution < -0.4 is 15.4 Å². The van der Waals surface area contributed by atoms with E-state index in [4.69, 9.17) is 4.74 Å². The Hall–Kier alpha value is -1.33. The van der Waals surface area contributed by atoms with Crippen molar-refractivity contribution in [1.82, 2.24) is 10.3 Å². The molecule has 1 aliphatic rings. The number of rotatable bonds is 3. The highest BCUT2D eigenvalue weighted by atomic mass is 79.9. The highest BCUT2D eigenvalue weighted by Gasteiger charge is 2.16. The molecule has 1 fully saturated rings. The first kappa shape index (κ1) is 13.6. The molecule has 0 saturated carbocycles. The number of halogens is 1. The molecule has 106 valence electrons. The van der Waals surface area contributed by atoms with Crippen LogP contribution in [0.25, 0.3) is 10.8 Å². The zero-order valence-electron chi connectivity index (χ0n) is 11.4. The average molecular weight is 336 g/mol. The van der Waals surface area contributed by atoms with Gasteiger partial charge in [-0.15, -0.1) is 0 Å². The molecule has 4 nitrogen and oxygen atoms in total. The van der Waals surface area contributed by atoms with Crippen LogP contribution in [0, 0.1) is 0 Å². The molecular formula is C15H18BrN3O. The van der Waals surface area contributed by atoms with Crippen molar-refractivity contribution < 1.29 is 4.74 Å². The van der Waals surface area contributed by atoms with Crippen molar-refractivity contribution in [2.75, 3.05) is 25.5 Å². The number of hydrogen-bond donors (Lipinski definition) is 2. The van der Waals surface area contributed by atoms with Gasteiger partial charge in [0.25, 0.3) is 0 Å². The Balaban J connectivity index is 2.03. The second-order valence-electron chi connectivity index (χ2n) is 5.00. The van der Waals surface area contributed by atoms with E-state index in [2.05, 4.69) is 31.5 Å². The number of nitrogens with one attached hydrogen (secondary N) is 2. The number of nitrogens with zero attached hydrogens (tertiary/aromatic N) is 1. The summed E-state index contributed by atoms with van der Waals surface area (Å²) >= 11 is 3.60. The summed E-state index contributed by atoms with van der Waals surface area (Å²) in [7, 11) is 1.70. The number of pyridine rings is 1. The standard InChI is InChI=1S/C15H18BrN3O/c1-20-13-3-2-12(16)11-6-9-18-15(14(11)13)19-10-4-7-17-8-5-10/h2-3,6,9-10,17H,4-5,7-8H2,1H3,(H,18,19). The Labute approximate surface area is 127 Å². The fourth-order valence-electron chi connectivity index (χ4n) is 2.67. The van der Waals surface area contributed by atoms with Crippen molar-refractivity contribution in [2.45, 2.75) is 18.9 Å². The second-order valence-corrected chi connectivity index (χ2v) is 5.85. The van der Waals surface area contributed by atoms with Crippen molar-refractivity contribution in [2.24, 2.45) is 0 Å². The lowest BCUT2D eigenvalue weighted by atomic mass is 10.1. The zero-order chi connectivity index (χ0) is 13.9. The van der Waals surface area contributed by atoms with E-state index in [1.54, 1.807) is 7.11 Å². The number of aromatic nitrogens is 1. The lowest BCUT2D eigenvalue weighted by Crippen LogP contribution is -2.35. The van der Waals surface area contributed by atoms with Crippen LogP contribution in [0.2, 0.25) is 0 Å². The molecule has 0 amide bonds. The molecule has 1 aromatic carbocycles. The van der Waals surface area contributed by atoms with Gasteiger partial charge in [-0.3, -0.25) is 0 Å². The maximum absolute atomic E-state index is 5.50. The van der Waals surface area contributed by atoms with Crippen molar-refractivity contribution in [1.29, 1.82) is 0 Å². The summed E-state index contributed by atoms with van der Waals surface area (Å²) in [6.07, 6.45) is 4.08. The number of hydrogen-bond acceptors (Lipinski definition) is 4. The maximum atomic E-state index is 5.50. The summed E-state index contributed by atoms with van der Waals surface area (Å²) in [5.74, 6) is 1.76. The van der Waals surface area contributed by atoms with Gasteiger partial charge in [-0.25, -0.2) is 4.98 Å². The molecule has 1 aliphatic heterocycles. The van der Waals surface area contributed by atoms with E-state index in [1.807, 2.05) is 24.4 Å². The van der Waals surface area contributed by atoms with Crippen LogP contribution in [0.1, 0.15) is 12.8 Å². The predicted molar refractivity (Wildman–Crippen MR) is 85.5 cm³/mol. The third-order valence-electron chi connectivity index (χ3n) is 3.74. The average Bonchev–Trinajstić information content (AvgIpc) is 2.49. The minimum Gasteiger partial charge on any atom is -0.496 e. The minimum absolute atomic E-state index is 0.470. The molecule has 3 rings (SSSR count). The van der Waals surface area contributed by atoms with Crippen molar-refractivity contribution in [3.63, 3.8) is 0 Å². The predicted octanol–water partition coefficient (Wildman–Crippen LogP) is 3.17. The molecule has 0 atom stereocenters. The van der Waals surface area contributed by atoms with Crippen LogP contribution in [0.4, 0.5) is 5.82 Å². The number of piperidine rings is 1. The van der Waals surface area contributed by atoms with Gasteiger partial charge in [0.05, 0.1) is 12.5 Å². The number of methoxy groups -OCH3 is 1. The van der Waals surface area contributed by atoms with Gasteiger partial charge in [0.2, 0.25) is 0 Å². The van der Waals surface area contributed by atoms with Gasteiger partial charge in [-0.05, 0) is 44.1 Å². The van der Waals surface area contributed by atoms with E-state index in [-0.39, 0.29) is 0 Å². The lowest BCUT2D eigenvalue weighted by molar-refractivity contribution is 0.419. The Morgan fingerprint density at radius 2 is 2.10 bits per heavy atom. The first-order valence-electron chi connectivity index (χ1n) is 6.88. The molecule has 2 N–H and O–H groups in total. The largest absolute Gasteiger partial charge is 0.496 e. The summed E-state index contributed by atoms with van der Waals surface area (Å²) in [4.78, 5) is 4.52. The number of benzene rings is 1. The minimum atomic E-state index is 0.470. The molecule has 0 aliphatic carbocycles. The van der Waals surface area contributed by atoms with Gasteiger partial charge in [0.1, 0.15) is 11.6 Å². The van der Waals surface area contributed by atoms with E-state index in [9.17, 15) is 0 Å². The van der Waals surface area contributed by atoms with E-state index < -0.39 is 0 Å². The molecule has 0 bridgehead atoms. The molecule has 0 spiro atoms. The Kier molecular flexibility index (Phi) is 4.08. The second kappa shape index (κ2) is 5.97. The summed E-state index contributed by atoms with van der Waals surface area (Å²) in [5, 5.41) is 9.12. The monoisotopic (exact) mass is 335 g/mol. The van der Waals surface area contributed by atoms with E-state index in [1.165, 1.54) is 0 Å². The molecule has 0 unspecified atom stereocenters. The fraction of sp³-hybridized carbons (Fsp3) is 0.400. The lowest BCUT2D eigenvalue weighted by Gasteiger charge is -2.25. The molecular weight excluding hydrogens is 318 g/mol. The van der Waals surface area contributed by atoms with E-state index in [0.29, 0.717) is 6.04 Å². The number of anilines is 1. The molecule has 2 heterocycles. The first-order valence-corrected chi connectivity index (χ1v) is 7.67. The topological polar surface area (TPSA) is 46.2 Å². The molecule has 20 heavy (non-hydrogen) atoms. The normalized spacial score (nSPS) is 16.3. The maximum Gasteiger partial charge on any atom is 0.137 e. The van der Waals surface area contributed by atoms with Crippen LogP contribution in [0.3, 0.4) is 0 Å². The zero-order valence-corrected chi connectivity index (χ0v) is 13.0. The molecule has 1 saturated heterocycles. The van der Waals surface area contributed by atoms with Crippen molar-refractivity contribution in [3.05, 3.63) is 28.9 Å².